The Morgan fingerprint density at radius 2 is 1.81 bits per heavy atom. The molecule has 8 heteroatoms. The fourth-order valence-corrected chi connectivity index (χ4v) is 1.67. The Kier molecular flexibility index (Phi) is 2.71. The maximum atomic E-state index is 12.7. The molecule has 2 rings (SSSR count). The van der Waals surface area contributed by atoms with Crippen molar-refractivity contribution in [1.82, 2.24) is 20.0 Å². The van der Waals surface area contributed by atoms with Crippen LogP contribution >= 0.6 is 0 Å². The Bertz CT molecular complexity index is 494. The van der Waals surface area contributed by atoms with Crippen molar-refractivity contribution < 1.29 is 13.2 Å². The van der Waals surface area contributed by atoms with Gasteiger partial charge in [0.15, 0.2) is 0 Å². The molecular formula is C8H6AsF3N4. The van der Waals surface area contributed by atoms with Gasteiger partial charge in [-0.1, -0.05) is 0 Å². The molecular weight excluding hydrogens is 284 g/mol. The molecule has 1 atom stereocenters. The van der Waals surface area contributed by atoms with Crippen molar-refractivity contribution in [3.63, 3.8) is 0 Å². The second-order valence-electron chi connectivity index (χ2n) is 2.96. The van der Waals surface area contributed by atoms with Crippen molar-refractivity contribution in [2.45, 2.75) is 6.18 Å². The minimum absolute atomic E-state index is 0.307. The number of halogens is 3. The van der Waals surface area contributed by atoms with Gasteiger partial charge in [0.2, 0.25) is 0 Å². The van der Waals surface area contributed by atoms with E-state index in [-0.39, 0.29) is 5.82 Å². The summed E-state index contributed by atoms with van der Waals surface area (Å²) in [6, 6.07) is 1.05. The molecule has 0 aliphatic heterocycles. The first kappa shape index (κ1) is 11.1. The van der Waals surface area contributed by atoms with Crippen LogP contribution in [0.1, 0.15) is 5.56 Å². The molecule has 16 heavy (non-hydrogen) atoms. The summed E-state index contributed by atoms with van der Waals surface area (Å²) in [5.41, 5.74) is -0.828. The van der Waals surface area contributed by atoms with Crippen LogP contribution in [0.5, 0.6) is 0 Å². The predicted octanol–water partition coefficient (Wildman–Crippen LogP) is -0.0605. The molecule has 84 valence electrons. The monoisotopic (exact) mass is 290 g/mol. The van der Waals surface area contributed by atoms with Crippen LogP contribution in [0.25, 0.3) is 5.82 Å². The summed E-state index contributed by atoms with van der Waals surface area (Å²) in [5, 5.41) is 7.28. The zero-order valence-corrected chi connectivity index (χ0v) is 10.2. The van der Waals surface area contributed by atoms with E-state index in [1.807, 2.05) is 0 Å². The van der Waals surface area contributed by atoms with Crippen LogP contribution < -0.4 is 4.35 Å². The molecule has 0 amide bonds. The molecule has 4 nitrogen and oxygen atoms in total. The number of alkyl halides is 3. The molecule has 0 bridgehead atoms. The van der Waals surface area contributed by atoms with Crippen LogP contribution in [0.3, 0.4) is 0 Å². The van der Waals surface area contributed by atoms with Crippen molar-refractivity contribution >= 4 is 21.2 Å². The summed E-state index contributed by atoms with van der Waals surface area (Å²) < 4.78 is 38.7. The van der Waals surface area contributed by atoms with E-state index >= 15 is 0 Å². The van der Waals surface area contributed by atoms with Gasteiger partial charge in [0.05, 0.1) is 0 Å². The normalized spacial score (nSPS) is 11.8. The average Bonchev–Trinajstić information content (AvgIpc) is 2.69. The molecule has 2 heterocycles. The third-order valence-electron chi connectivity index (χ3n) is 1.80. The molecule has 0 saturated carbocycles. The van der Waals surface area contributed by atoms with Gasteiger partial charge in [-0.05, 0) is 0 Å². The van der Waals surface area contributed by atoms with Crippen molar-refractivity contribution in [3.8, 4) is 5.82 Å². The molecule has 0 aromatic carbocycles. The van der Waals surface area contributed by atoms with Gasteiger partial charge < -0.3 is 0 Å². The van der Waals surface area contributed by atoms with Gasteiger partial charge in [-0.25, -0.2) is 0 Å². The first-order chi connectivity index (χ1) is 7.48. The molecule has 0 spiro atoms. The number of aromatic nitrogens is 4. The third kappa shape index (κ3) is 2.09. The van der Waals surface area contributed by atoms with Crippen molar-refractivity contribution in [2.24, 2.45) is 0 Å². The summed E-state index contributed by atoms with van der Waals surface area (Å²) in [5.74, 6) is -0.307. The van der Waals surface area contributed by atoms with Gasteiger partial charge in [0.1, 0.15) is 0 Å². The minimum atomic E-state index is -4.46. The van der Waals surface area contributed by atoms with Crippen LogP contribution in [0, 0.1) is 0 Å². The second kappa shape index (κ2) is 3.90. The third-order valence-corrected chi connectivity index (χ3v) is 2.46. The average molecular weight is 290 g/mol. The van der Waals surface area contributed by atoms with Crippen molar-refractivity contribution in [1.29, 1.82) is 0 Å². The Balaban J connectivity index is 2.62. The first-order valence-corrected chi connectivity index (χ1v) is 5.39. The van der Waals surface area contributed by atoms with Crippen LogP contribution in [0.2, 0.25) is 0 Å². The van der Waals surface area contributed by atoms with Crippen molar-refractivity contribution in [3.05, 3.63) is 30.2 Å². The molecule has 2 aromatic rings. The standard InChI is InChI=1S/C8H6AsF3N4/c9-5-3-6(8(10,11)12)7(13-4-5)16-14-1-2-15-16/h1-4H,9H2. The fourth-order valence-electron chi connectivity index (χ4n) is 1.17. The van der Waals surface area contributed by atoms with Gasteiger partial charge in [-0.3, -0.25) is 0 Å². The predicted molar refractivity (Wildman–Crippen MR) is 52.3 cm³/mol. The van der Waals surface area contributed by atoms with E-state index in [1.165, 1.54) is 18.6 Å². The van der Waals surface area contributed by atoms with Crippen LogP contribution in [-0.4, -0.2) is 36.8 Å². The zero-order valence-electron chi connectivity index (χ0n) is 7.81. The number of pyridine rings is 1. The SMILES string of the molecule is FC(F)(F)c1cc([AsH2])cnc1-n1nccn1. The van der Waals surface area contributed by atoms with E-state index in [1.54, 1.807) is 0 Å². The summed E-state index contributed by atoms with van der Waals surface area (Å²) >= 11 is 1.08. The van der Waals surface area contributed by atoms with Gasteiger partial charge in [0, 0.05) is 0 Å². The number of nitrogens with zero attached hydrogens (tertiary/aromatic N) is 4. The summed E-state index contributed by atoms with van der Waals surface area (Å²) in [6.07, 6.45) is -0.497. The summed E-state index contributed by atoms with van der Waals surface area (Å²) in [4.78, 5) is 4.58. The molecule has 0 N–H and O–H groups in total. The van der Waals surface area contributed by atoms with Crippen LogP contribution in [-0.2, 0) is 6.18 Å². The molecule has 0 radical (unpaired) electrons. The Hall–Kier alpha value is -1.36. The van der Waals surface area contributed by atoms with Crippen molar-refractivity contribution in [2.75, 3.05) is 0 Å². The topological polar surface area (TPSA) is 43.6 Å². The quantitative estimate of drug-likeness (QED) is 0.691. The van der Waals surface area contributed by atoms with Gasteiger partial charge in [-0.15, -0.1) is 0 Å². The Morgan fingerprint density at radius 3 is 2.38 bits per heavy atom. The molecule has 0 aliphatic carbocycles. The first-order valence-electron chi connectivity index (χ1n) is 4.18. The zero-order chi connectivity index (χ0) is 11.8. The number of rotatable bonds is 1. The van der Waals surface area contributed by atoms with Gasteiger partial charge >= 0.3 is 96.6 Å². The molecule has 0 saturated heterocycles. The Labute approximate surface area is 97.0 Å². The number of hydrogen-bond donors (Lipinski definition) is 0. The molecule has 0 fully saturated rings. The Morgan fingerprint density at radius 1 is 1.19 bits per heavy atom. The number of hydrogen-bond acceptors (Lipinski definition) is 3. The van der Waals surface area contributed by atoms with E-state index in [9.17, 15) is 13.2 Å². The second-order valence-corrected chi connectivity index (χ2v) is 4.35. The summed E-state index contributed by atoms with van der Waals surface area (Å²) in [7, 11) is 0. The van der Waals surface area contributed by atoms with E-state index in [0.717, 1.165) is 27.7 Å². The summed E-state index contributed by atoms with van der Waals surface area (Å²) in [6.45, 7) is 0. The van der Waals surface area contributed by atoms with E-state index in [4.69, 9.17) is 0 Å². The molecule has 0 aliphatic rings. The van der Waals surface area contributed by atoms with E-state index < -0.39 is 11.7 Å². The molecule has 2 aromatic heterocycles. The fraction of sp³-hybridized carbons (Fsp3) is 0.125. The van der Waals surface area contributed by atoms with E-state index in [0.29, 0.717) is 4.35 Å². The van der Waals surface area contributed by atoms with Crippen LogP contribution in [0.4, 0.5) is 13.2 Å². The maximum absolute atomic E-state index is 12.7. The van der Waals surface area contributed by atoms with Gasteiger partial charge in [0.25, 0.3) is 0 Å². The van der Waals surface area contributed by atoms with Crippen LogP contribution in [0.15, 0.2) is 24.7 Å². The van der Waals surface area contributed by atoms with E-state index in [2.05, 4.69) is 15.2 Å². The molecule has 1 unspecified atom stereocenters. The van der Waals surface area contributed by atoms with Gasteiger partial charge in [-0.2, -0.15) is 0 Å².